The molecule has 5 rings (SSSR count). The van der Waals surface area contributed by atoms with Gasteiger partial charge in [-0.2, -0.15) is 0 Å². The van der Waals surface area contributed by atoms with Crippen LogP contribution in [0.4, 0.5) is 10.6 Å². The van der Waals surface area contributed by atoms with E-state index in [1.165, 1.54) is 0 Å². The quantitative estimate of drug-likeness (QED) is 0.221. The predicted molar refractivity (Wildman–Crippen MR) is 176 cm³/mol. The number of nitrogens with one attached hydrogen (secondary N) is 2. The molecule has 1 aromatic heterocycles. The van der Waals surface area contributed by atoms with Crippen molar-refractivity contribution in [2.24, 2.45) is 4.99 Å². The van der Waals surface area contributed by atoms with Gasteiger partial charge in [-0.3, -0.25) is 19.4 Å². The van der Waals surface area contributed by atoms with Crippen LogP contribution in [0.3, 0.4) is 0 Å². The van der Waals surface area contributed by atoms with Crippen LogP contribution in [0.5, 0.6) is 0 Å². The first kappa shape index (κ1) is 33.2. The molecule has 1 aliphatic heterocycles. The Bertz CT molecular complexity index is 1730. The normalized spacial score (nSPS) is 15.8. The molecule has 46 heavy (non-hydrogen) atoms. The lowest BCUT2D eigenvalue weighted by Gasteiger charge is -2.23. The Balaban J connectivity index is 1.49. The summed E-state index contributed by atoms with van der Waals surface area (Å²) in [6.45, 7) is 8.21. The SMILES string of the molecule is CCCCC1=NC2(CCCC2)C(=O)N1Cc1ccc(-c2ccccc2S(=O)(=O)Nc2noc(C)c2C)c(CCNC(=O)OCC)c1. The molecular formula is C34H43N5O6S. The molecule has 1 spiro atoms. The summed E-state index contributed by atoms with van der Waals surface area (Å²) in [5, 5.41) is 6.64. The number of hydrogen-bond donors (Lipinski definition) is 2. The number of anilines is 1. The summed E-state index contributed by atoms with van der Waals surface area (Å²) in [5.41, 5.74) is 2.89. The van der Waals surface area contributed by atoms with Crippen molar-refractivity contribution in [2.75, 3.05) is 17.9 Å². The van der Waals surface area contributed by atoms with E-state index < -0.39 is 21.7 Å². The van der Waals surface area contributed by atoms with Crippen LogP contribution in [-0.4, -0.2) is 55.0 Å². The fourth-order valence-electron chi connectivity index (χ4n) is 6.20. The number of carbonyl (C=O) groups excluding carboxylic acids is 2. The molecule has 2 aromatic carbocycles. The van der Waals surface area contributed by atoms with E-state index in [4.69, 9.17) is 14.3 Å². The van der Waals surface area contributed by atoms with Crippen molar-refractivity contribution in [1.29, 1.82) is 0 Å². The van der Waals surface area contributed by atoms with Crippen LogP contribution in [0.1, 0.15) is 81.2 Å². The molecular weight excluding hydrogens is 606 g/mol. The van der Waals surface area contributed by atoms with Gasteiger partial charge < -0.3 is 14.6 Å². The largest absolute Gasteiger partial charge is 0.450 e. The Morgan fingerprint density at radius 2 is 1.83 bits per heavy atom. The van der Waals surface area contributed by atoms with Crippen LogP contribution in [0, 0.1) is 13.8 Å². The van der Waals surface area contributed by atoms with Crippen LogP contribution in [0.15, 0.2) is 56.9 Å². The lowest BCUT2D eigenvalue weighted by Crippen LogP contribution is -2.40. The molecule has 246 valence electrons. The minimum atomic E-state index is -4.06. The number of carbonyl (C=O) groups is 2. The number of hydrogen-bond acceptors (Lipinski definition) is 8. The number of aryl methyl sites for hydroxylation is 1. The summed E-state index contributed by atoms with van der Waals surface area (Å²) in [6, 6.07) is 12.6. The molecule has 12 heteroatoms. The number of benzene rings is 2. The number of alkyl carbamates (subject to hydrolysis) is 1. The molecule has 3 aromatic rings. The average Bonchev–Trinajstić information content (AvgIpc) is 3.71. The molecule has 2 amide bonds. The van der Waals surface area contributed by atoms with Gasteiger partial charge in [-0.05, 0) is 69.2 Å². The highest BCUT2D eigenvalue weighted by atomic mass is 32.2. The second-order valence-corrected chi connectivity index (χ2v) is 13.6. The molecule has 0 bridgehead atoms. The second kappa shape index (κ2) is 14.1. The first-order chi connectivity index (χ1) is 22.1. The van der Waals surface area contributed by atoms with Crippen molar-refractivity contribution in [3.63, 3.8) is 0 Å². The minimum Gasteiger partial charge on any atom is -0.450 e. The monoisotopic (exact) mass is 649 g/mol. The van der Waals surface area contributed by atoms with Gasteiger partial charge in [0.2, 0.25) is 0 Å². The maximum Gasteiger partial charge on any atom is 0.407 e. The summed E-state index contributed by atoms with van der Waals surface area (Å²) >= 11 is 0. The zero-order valence-corrected chi connectivity index (χ0v) is 27.8. The maximum absolute atomic E-state index is 13.8. The van der Waals surface area contributed by atoms with Crippen molar-refractivity contribution in [2.45, 2.75) is 96.0 Å². The number of nitrogens with zero attached hydrogens (tertiary/aromatic N) is 3. The van der Waals surface area contributed by atoms with Gasteiger partial charge in [-0.25, -0.2) is 13.2 Å². The Kier molecular flexibility index (Phi) is 10.1. The predicted octanol–water partition coefficient (Wildman–Crippen LogP) is 6.29. The zero-order valence-electron chi connectivity index (χ0n) is 27.0. The molecule has 1 fully saturated rings. The Morgan fingerprint density at radius 1 is 1.07 bits per heavy atom. The number of amidine groups is 1. The van der Waals surface area contributed by atoms with Gasteiger partial charge in [0, 0.05) is 24.1 Å². The van der Waals surface area contributed by atoms with Crippen LogP contribution in [-0.2, 0) is 32.5 Å². The number of aliphatic imine (C=N–C) groups is 1. The fraction of sp³-hybridized carbons (Fsp3) is 0.471. The highest BCUT2D eigenvalue weighted by molar-refractivity contribution is 7.92. The van der Waals surface area contributed by atoms with Crippen molar-refractivity contribution >= 4 is 33.7 Å². The van der Waals surface area contributed by atoms with Gasteiger partial charge in [0.1, 0.15) is 17.1 Å². The Hall–Kier alpha value is -4.19. The third-order valence-electron chi connectivity index (χ3n) is 8.79. The molecule has 1 saturated carbocycles. The number of aromatic nitrogens is 1. The topological polar surface area (TPSA) is 143 Å². The molecule has 0 saturated heterocycles. The van der Waals surface area contributed by atoms with Crippen LogP contribution >= 0.6 is 0 Å². The van der Waals surface area contributed by atoms with E-state index in [-0.39, 0.29) is 29.8 Å². The summed E-state index contributed by atoms with van der Waals surface area (Å²) in [7, 11) is -4.06. The number of ether oxygens (including phenoxy) is 1. The molecule has 1 aliphatic carbocycles. The van der Waals surface area contributed by atoms with E-state index in [0.717, 1.165) is 61.9 Å². The summed E-state index contributed by atoms with van der Waals surface area (Å²) < 4.78 is 40.2. The first-order valence-electron chi connectivity index (χ1n) is 16.1. The van der Waals surface area contributed by atoms with Crippen LogP contribution < -0.4 is 10.0 Å². The minimum absolute atomic E-state index is 0.0756. The second-order valence-electron chi connectivity index (χ2n) is 12.0. The van der Waals surface area contributed by atoms with Gasteiger partial charge in [0.25, 0.3) is 15.9 Å². The third kappa shape index (κ3) is 6.96. The van der Waals surface area contributed by atoms with Crippen molar-refractivity contribution in [3.8, 4) is 11.1 Å². The highest BCUT2D eigenvalue weighted by Gasteiger charge is 2.49. The van der Waals surface area contributed by atoms with Crippen LogP contribution in [0.25, 0.3) is 11.1 Å². The molecule has 2 N–H and O–H groups in total. The number of sulfonamides is 1. The highest BCUT2D eigenvalue weighted by Crippen LogP contribution is 2.40. The fourth-order valence-corrected chi connectivity index (χ4v) is 7.48. The lowest BCUT2D eigenvalue weighted by atomic mass is 9.94. The van der Waals surface area contributed by atoms with E-state index >= 15 is 0 Å². The van der Waals surface area contributed by atoms with Gasteiger partial charge in [0.05, 0.1) is 18.0 Å². The van der Waals surface area contributed by atoms with Gasteiger partial charge >= 0.3 is 6.09 Å². The van der Waals surface area contributed by atoms with Crippen molar-refractivity contribution in [1.82, 2.24) is 15.4 Å². The van der Waals surface area contributed by atoms with E-state index in [0.29, 0.717) is 35.4 Å². The van der Waals surface area contributed by atoms with E-state index in [1.54, 1.807) is 45.0 Å². The standard InChI is InChI=1S/C34H43N5O6S/c1-5-7-14-30-36-34(18-10-11-19-34)32(40)39(30)22-25-15-16-27(26(21-25)17-20-35-33(41)44-6-2)28-12-8-9-13-29(28)46(42,43)38-31-23(3)24(4)45-37-31/h8-9,12-13,15-16,21H,5-7,10-11,14,17-20,22H2,1-4H3,(H,35,41)(H,37,38). The molecule has 0 unspecified atom stereocenters. The van der Waals surface area contributed by atoms with E-state index in [9.17, 15) is 18.0 Å². The molecule has 2 heterocycles. The number of rotatable bonds is 13. The van der Waals surface area contributed by atoms with Gasteiger partial charge in [0.15, 0.2) is 5.82 Å². The van der Waals surface area contributed by atoms with Gasteiger partial charge in [-0.15, -0.1) is 0 Å². The Labute approximate surface area is 270 Å². The Morgan fingerprint density at radius 3 is 2.52 bits per heavy atom. The van der Waals surface area contributed by atoms with E-state index in [1.807, 2.05) is 23.1 Å². The maximum atomic E-state index is 13.8. The molecule has 0 radical (unpaired) electrons. The van der Waals surface area contributed by atoms with Gasteiger partial charge in [-0.1, -0.05) is 67.7 Å². The lowest BCUT2D eigenvalue weighted by molar-refractivity contribution is -0.131. The summed E-state index contributed by atoms with van der Waals surface area (Å²) in [4.78, 5) is 32.8. The van der Waals surface area contributed by atoms with Crippen LogP contribution in [0.2, 0.25) is 0 Å². The number of amides is 2. The molecule has 2 aliphatic rings. The van der Waals surface area contributed by atoms with Crippen molar-refractivity contribution < 1.29 is 27.3 Å². The summed E-state index contributed by atoms with van der Waals surface area (Å²) in [5.74, 6) is 1.59. The molecule has 0 atom stereocenters. The average molecular weight is 650 g/mol. The van der Waals surface area contributed by atoms with E-state index in [2.05, 4.69) is 22.1 Å². The smallest absolute Gasteiger partial charge is 0.407 e. The third-order valence-corrected chi connectivity index (χ3v) is 10.2. The first-order valence-corrected chi connectivity index (χ1v) is 17.5. The van der Waals surface area contributed by atoms with Crippen molar-refractivity contribution in [3.05, 3.63) is 64.9 Å². The molecule has 11 nitrogen and oxygen atoms in total. The number of unbranched alkanes of at least 4 members (excludes halogenated alkanes) is 1. The summed E-state index contributed by atoms with van der Waals surface area (Å²) in [6.07, 6.45) is 6.17. The zero-order chi connectivity index (χ0) is 32.9.